The topological polar surface area (TPSA) is 24.9 Å². The van der Waals surface area contributed by atoms with Gasteiger partial charge in [0, 0.05) is 10.9 Å². The van der Waals surface area contributed by atoms with Gasteiger partial charge >= 0.3 is 0 Å². The van der Waals surface area contributed by atoms with Gasteiger partial charge in [0.15, 0.2) is 0 Å². The number of nitrogens with one attached hydrogen (secondary N) is 1. The molecule has 1 N–H and O–H groups in total. The van der Waals surface area contributed by atoms with E-state index >= 15 is 0 Å². The summed E-state index contributed by atoms with van der Waals surface area (Å²) in [6.45, 7) is 8.86. The van der Waals surface area contributed by atoms with Crippen LogP contribution in [-0.4, -0.2) is 11.0 Å². The summed E-state index contributed by atoms with van der Waals surface area (Å²) in [6.07, 6.45) is 6.24. The van der Waals surface area contributed by atoms with E-state index < -0.39 is 0 Å². The Labute approximate surface area is 109 Å². The van der Waals surface area contributed by atoms with Gasteiger partial charge in [0.1, 0.15) is 5.01 Å². The molecule has 0 spiro atoms. The summed E-state index contributed by atoms with van der Waals surface area (Å²) in [5.41, 5.74) is 1.34. The standard InChI is InChI=1S/C14H24N2S/c1-5-9-14(6-2,16-12-7-8-12)13-15-10(3)11(4)17-13/h12,16H,5-9H2,1-4H3. The van der Waals surface area contributed by atoms with E-state index in [9.17, 15) is 0 Å². The monoisotopic (exact) mass is 252 g/mol. The van der Waals surface area contributed by atoms with Crippen LogP contribution in [-0.2, 0) is 5.54 Å². The first-order valence-electron chi connectivity index (χ1n) is 6.83. The van der Waals surface area contributed by atoms with Crippen molar-refractivity contribution in [1.82, 2.24) is 10.3 Å². The summed E-state index contributed by atoms with van der Waals surface area (Å²) in [4.78, 5) is 6.18. The van der Waals surface area contributed by atoms with Crippen LogP contribution in [0.3, 0.4) is 0 Å². The molecule has 1 aromatic rings. The summed E-state index contributed by atoms with van der Waals surface area (Å²) in [6, 6.07) is 0.742. The minimum absolute atomic E-state index is 0.138. The Kier molecular flexibility index (Phi) is 3.88. The van der Waals surface area contributed by atoms with Gasteiger partial charge in [-0.2, -0.15) is 0 Å². The lowest BCUT2D eigenvalue weighted by molar-refractivity contribution is 0.289. The van der Waals surface area contributed by atoms with Crippen molar-refractivity contribution < 1.29 is 0 Å². The second-order valence-corrected chi connectivity index (χ2v) is 6.47. The zero-order valence-corrected chi connectivity index (χ0v) is 12.3. The van der Waals surface area contributed by atoms with Gasteiger partial charge in [0.05, 0.1) is 11.2 Å². The molecule has 1 saturated carbocycles. The molecule has 96 valence electrons. The molecule has 1 aliphatic carbocycles. The summed E-state index contributed by atoms with van der Waals surface area (Å²) in [5.74, 6) is 0. The van der Waals surface area contributed by atoms with Crippen molar-refractivity contribution in [3.8, 4) is 0 Å². The normalized spacial score (nSPS) is 19.3. The van der Waals surface area contributed by atoms with Crippen molar-refractivity contribution in [2.45, 2.75) is 71.4 Å². The number of hydrogen-bond donors (Lipinski definition) is 1. The van der Waals surface area contributed by atoms with E-state index in [0.29, 0.717) is 0 Å². The number of hydrogen-bond acceptors (Lipinski definition) is 3. The summed E-state index contributed by atoms with van der Waals surface area (Å²) in [5, 5.41) is 5.17. The molecule has 1 unspecified atom stereocenters. The highest BCUT2D eigenvalue weighted by Gasteiger charge is 2.38. The van der Waals surface area contributed by atoms with Gasteiger partial charge in [-0.25, -0.2) is 4.98 Å². The fraction of sp³-hybridized carbons (Fsp3) is 0.786. The Balaban J connectivity index is 2.28. The predicted molar refractivity (Wildman–Crippen MR) is 74.6 cm³/mol. The molecule has 0 saturated heterocycles. The smallest absolute Gasteiger partial charge is 0.113 e. The summed E-state index contributed by atoms with van der Waals surface area (Å²) < 4.78 is 0. The number of thiazole rings is 1. The lowest BCUT2D eigenvalue weighted by atomic mass is 9.91. The fourth-order valence-electron chi connectivity index (χ4n) is 2.39. The number of nitrogens with zero attached hydrogens (tertiary/aromatic N) is 1. The van der Waals surface area contributed by atoms with Crippen LogP contribution >= 0.6 is 11.3 Å². The van der Waals surface area contributed by atoms with Gasteiger partial charge in [-0.3, -0.25) is 0 Å². The molecule has 0 radical (unpaired) electrons. The molecule has 2 rings (SSSR count). The molecule has 0 amide bonds. The van der Waals surface area contributed by atoms with E-state index in [1.807, 2.05) is 11.3 Å². The molecule has 2 nitrogen and oxygen atoms in total. The third-order valence-electron chi connectivity index (χ3n) is 3.78. The third-order valence-corrected chi connectivity index (χ3v) is 5.05. The largest absolute Gasteiger partial charge is 0.303 e. The van der Waals surface area contributed by atoms with E-state index in [1.54, 1.807) is 0 Å². The lowest BCUT2D eigenvalue weighted by Crippen LogP contribution is -2.43. The number of aromatic nitrogens is 1. The predicted octanol–water partition coefficient (Wildman–Crippen LogP) is 3.92. The molecule has 3 heteroatoms. The average Bonchev–Trinajstić information content (AvgIpc) is 3.05. The molecule has 17 heavy (non-hydrogen) atoms. The van der Waals surface area contributed by atoms with Gasteiger partial charge in [0.2, 0.25) is 0 Å². The zero-order valence-electron chi connectivity index (χ0n) is 11.5. The lowest BCUT2D eigenvalue weighted by Gasteiger charge is -2.32. The molecule has 1 aromatic heterocycles. The average molecular weight is 252 g/mol. The second kappa shape index (κ2) is 5.07. The quantitative estimate of drug-likeness (QED) is 0.830. The molecule has 0 bridgehead atoms. The van der Waals surface area contributed by atoms with Crippen molar-refractivity contribution in [2.75, 3.05) is 0 Å². The molecule has 0 aliphatic heterocycles. The van der Waals surface area contributed by atoms with E-state index in [1.165, 1.54) is 41.3 Å². The van der Waals surface area contributed by atoms with Crippen LogP contribution in [0.4, 0.5) is 0 Å². The highest BCUT2D eigenvalue weighted by Crippen LogP contribution is 2.37. The van der Waals surface area contributed by atoms with E-state index in [4.69, 9.17) is 4.98 Å². The van der Waals surface area contributed by atoms with Crippen LogP contribution in [0.1, 0.15) is 61.5 Å². The minimum atomic E-state index is 0.138. The Hall–Kier alpha value is -0.410. The fourth-order valence-corrected chi connectivity index (χ4v) is 3.56. The molecule has 1 heterocycles. The van der Waals surface area contributed by atoms with Crippen LogP contribution in [0.25, 0.3) is 0 Å². The Morgan fingerprint density at radius 3 is 2.47 bits per heavy atom. The van der Waals surface area contributed by atoms with E-state index in [0.717, 1.165) is 12.5 Å². The van der Waals surface area contributed by atoms with Crippen molar-refractivity contribution >= 4 is 11.3 Å². The maximum atomic E-state index is 4.81. The Morgan fingerprint density at radius 2 is 2.06 bits per heavy atom. The minimum Gasteiger partial charge on any atom is -0.303 e. The maximum absolute atomic E-state index is 4.81. The second-order valence-electron chi connectivity index (χ2n) is 5.26. The van der Waals surface area contributed by atoms with E-state index in [2.05, 4.69) is 33.0 Å². The van der Waals surface area contributed by atoms with E-state index in [-0.39, 0.29) is 5.54 Å². The van der Waals surface area contributed by atoms with Crippen LogP contribution < -0.4 is 5.32 Å². The Morgan fingerprint density at radius 1 is 1.35 bits per heavy atom. The van der Waals surface area contributed by atoms with Crippen LogP contribution in [0, 0.1) is 13.8 Å². The first-order chi connectivity index (χ1) is 8.11. The van der Waals surface area contributed by atoms with Gasteiger partial charge in [0.25, 0.3) is 0 Å². The summed E-state index contributed by atoms with van der Waals surface area (Å²) in [7, 11) is 0. The third kappa shape index (κ3) is 2.71. The van der Waals surface area contributed by atoms with Crippen LogP contribution in [0.15, 0.2) is 0 Å². The van der Waals surface area contributed by atoms with Gasteiger partial charge < -0.3 is 5.32 Å². The van der Waals surface area contributed by atoms with Crippen molar-refractivity contribution in [2.24, 2.45) is 0 Å². The SMILES string of the molecule is CCCC(CC)(NC1CC1)c1nc(C)c(C)s1. The van der Waals surface area contributed by atoms with Crippen molar-refractivity contribution in [3.05, 3.63) is 15.6 Å². The van der Waals surface area contributed by atoms with Crippen molar-refractivity contribution in [3.63, 3.8) is 0 Å². The highest BCUT2D eigenvalue weighted by molar-refractivity contribution is 7.11. The summed E-state index contributed by atoms with van der Waals surface area (Å²) >= 11 is 1.88. The Bertz CT molecular complexity index is 362. The molecule has 1 aliphatic rings. The molecule has 0 aromatic carbocycles. The molecule has 1 fully saturated rings. The van der Waals surface area contributed by atoms with Gasteiger partial charge in [-0.15, -0.1) is 11.3 Å². The molecular weight excluding hydrogens is 228 g/mol. The maximum Gasteiger partial charge on any atom is 0.113 e. The number of rotatable bonds is 6. The van der Waals surface area contributed by atoms with Crippen LogP contribution in [0.5, 0.6) is 0 Å². The molecule has 1 atom stereocenters. The van der Waals surface area contributed by atoms with Crippen molar-refractivity contribution in [1.29, 1.82) is 0 Å². The molecular formula is C14H24N2S. The van der Waals surface area contributed by atoms with Gasteiger partial charge in [-0.05, 0) is 39.5 Å². The number of aryl methyl sites for hydroxylation is 2. The first-order valence-corrected chi connectivity index (χ1v) is 7.65. The highest BCUT2D eigenvalue weighted by atomic mass is 32.1. The zero-order chi connectivity index (χ0) is 12.5. The first kappa shape index (κ1) is 13.0. The van der Waals surface area contributed by atoms with Gasteiger partial charge in [-0.1, -0.05) is 20.3 Å². The van der Waals surface area contributed by atoms with Crippen LogP contribution in [0.2, 0.25) is 0 Å².